The maximum Gasteiger partial charge on any atom is 0.216 e. The van der Waals surface area contributed by atoms with E-state index in [9.17, 15) is 4.79 Å². The molecule has 0 N–H and O–H groups in total. The van der Waals surface area contributed by atoms with Crippen molar-refractivity contribution in [2.75, 3.05) is 6.61 Å². The van der Waals surface area contributed by atoms with Gasteiger partial charge in [-0.05, 0) is 31.4 Å². The van der Waals surface area contributed by atoms with Crippen molar-refractivity contribution in [2.45, 2.75) is 25.9 Å². The first kappa shape index (κ1) is 10.7. The molecule has 0 amide bonds. The lowest BCUT2D eigenvalue weighted by Gasteiger charge is -2.14. The van der Waals surface area contributed by atoms with Gasteiger partial charge >= 0.3 is 0 Å². The van der Waals surface area contributed by atoms with Crippen molar-refractivity contribution in [2.24, 2.45) is 0 Å². The molecule has 1 aromatic carbocycles. The molecule has 1 unspecified atom stereocenters. The molecule has 0 radical (unpaired) electrons. The second-order valence-electron chi connectivity index (χ2n) is 3.90. The molecule has 0 saturated carbocycles. The molecule has 1 aliphatic rings. The predicted octanol–water partition coefficient (Wildman–Crippen LogP) is 2.92. The second kappa shape index (κ2) is 4.37. The fraction of sp³-hybridized carbons (Fsp3) is 0.417. The average Bonchev–Trinajstić information content (AvgIpc) is 2.69. The highest BCUT2D eigenvalue weighted by Crippen LogP contribution is 2.31. The summed E-state index contributed by atoms with van der Waals surface area (Å²) in [5.74, 6) is 0. The minimum Gasteiger partial charge on any atom is -0.374 e. The maximum absolute atomic E-state index is 11.3. The van der Waals surface area contributed by atoms with Crippen molar-refractivity contribution in [1.29, 1.82) is 0 Å². The Balaban J connectivity index is 2.41. The molecule has 1 fully saturated rings. The standard InChI is InChI=1S/C12H14O2S/c1-8-4-5-9(12(13)15)10(7-8)11-3-2-6-14-11/h4-5,7,11H,2-3,6H2,1H3,(H,13,15). The van der Waals surface area contributed by atoms with E-state index < -0.39 is 0 Å². The zero-order valence-corrected chi connectivity index (χ0v) is 9.59. The van der Waals surface area contributed by atoms with Gasteiger partial charge in [-0.25, -0.2) is 0 Å². The predicted molar refractivity (Wildman–Crippen MR) is 62.4 cm³/mol. The van der Waals surface area contributed by atoms with Gasteiger partial charge in [0.2, 0.25) is 5.12 Å². The molecule has 1 heterocycles. The van der Waals surface area contributed by atoms with Crippen LogP contribution in [0.15, 0.2) is 18.2 Å². The number of thiol groups is 1. The van der Waals surface area contributed by atoms with Crippen molar-refractivity contribution in [3.63, 3.8) is 0 Å². The summed E-state index contributed by atoms with van der Waals surface area (Å²) < 4.78 is 5.60. The first-order valence-corrected chi connectivity index (χ1v) is 5.58. The molecule has 1 atom stereocenters. The molecule has 1 saturated heterocycles. The van der Waals surface area contributed by atoms with Gasteiger partial charge in [-0.1, -0.05) is 17.7 Å². The van der Waals surface area contributed by atoms with E-state index in [0.29, 0.717) is 5.56 Å². The van der Waals surface area contributed by atoms with Gasteiger partial charge in [0.1, 0.15) is 0 Å². The molecule has 2 nitrogen and oxygen atoms in total. The first-order valence-electron chi connectivity index (χ1n) is 5.14. The van der Waals surface area contributed by atoms with E-state index in [1.165, 1.54) is 0 Å². The van der Waals surface area contributed by atoms with E-state index in [-0.39, 0.29) is 11.2 Å². The van der Waals surface area contributed by atoms with Gasteiger partial charge < -0.3 is 4.74 Å². The van der Waals surface area contributed by atoms with Gasteiger partial charge in [-0.15, -0.1) is 12.6 Å². The van der Waals surface area contributed by atoms with Crippen LogP contribution >= 0.6 is 12.6 Å². The van der Waals surface area contributed by atoms with E-state index >= 15 is 0 Å². The molecule has 0 spiro atoms. The van der Waals surface area contributed by atoms with Crippen LogP contribution in [0, 0.1) is 6.92 Å². The van der Waals surface area contributed by atoms with Gasteiger partial charge in [-0.3, -0.25) is 4.79 Å². The summed E-state index contributed by atoms with van der Waals surface area (Å²) in [5, 5.41) is -0.180. The summed E-state index contributed by atoms with van der Waals surface area (Å²) in [5.41, 5.74) is 2.82. The number of carbonyl (C=O) groups excluding carboxylic acids is 1. The highest BCUT2D eigenvalue weighted by atomic mass is 32.1. The third-order valence-corrected chi connectivity index (χ3v) is 2.95. The Morgan fingerprint density at radius 3 is 2.93 bits per heavy atom. The van der Waals surface area contributed by atoms with Crippen LogP contribution < -0.4 is 0 Å². The van der Waals surface area contributed by atoms with Crippen LogP contribution in [0.2, 0.25) is 0 Å². The van der Waals surface area contributed by atoms with E-state index in [0.717, 1.165) is 30.6 Å². The van der Waals surface area contributed by atoms with Crippen LogP contribution in [-0.4, -0.2) is 11.7 Å². The van der Waals surface area contributed by atoms with Crippen molar-refractivity contribution >= 4 is 17.7 Å². The number of ether oxygens (including phenoxy) is 1. The van der Waals surface area contributed by atoms with E-state index in [1.54, 1.807) is 0 Å². The molecule has 1 aromatic rings. The van der Waals surface area contributed by atoms with E-state index in [4.69, 9.17) is 4.74 Å². The number of hydrogen-bond donors (Lipinski definition) is 1. The topological polar surface area (TPSA) is 26.3 Å². The summed E-state index contributed by atoms with van der Waals surface area (Å²) in [6.45, 7) is 2.81. The number of carbonyl (C=O) groups is 1. The number of benzene rings is 1. The zero-order chi connectivity index (χ0) is 10.8. The number of rotatable bonds is 2. The third-order valence-electron chi connectivity index (χ3n) is 2.71. The summed E-state index contributed by atoms with van der Waals surface area (Å²) >= 11 is 3.89. The SMILES string of the molecule is Cc1ccc(C(=O)S)c(C2CCCO2)c1. The minimum atomic E-state index is -0.180. The average molecular weight is 222 g/mol. The molecule has 80 valence electrons. The summed E-state index contributed by atoms with van der Waals surface area (Å²) in [6, 6.07) is 5.79. The van der Waals surface area contributed by atoms with Gasteiger partial charge in [0.25, 0.3) is 0 Å². The second-order valence-corrected chi connectivity index (χ2v) is 4.30. The molecule has 3 heteroatoms. The van der Waals surface area contributed by atoms with Crippen molar-refractivity contribution in [1.82, 2.24) is 0 Å². The van der Waals surface area contributed by atoms with Crippen molar-refractivity contribution < 1.29 is 9.53 Å². The maximum atomic E-state index is 11.3. The van der Waals surface area contributed by atoms with Crippen LogP contribution in [0.25, 0.3) is 0 Å². The molecule has 0 aromatic heterocycles. The van der Waals surface area contributed by atoms with Crippen LogP contribution in [0.3, 0.4) is 0 Å². The van der Waals surface area contributed by atoms with Gasteiger partial charge in [0.05, 0.1) is 6.10 Å². The molecule has 2 rings (SSSR count). The summed E-state index contributed by atoms with van der Waals surface area (Å²) in [7, 11) is 0. The largest absolute Gasteiger partial charge is 0.374 e. The Hall–Kier alpha value is -0.800. The zero-order valence-electron chi connectivity index (χ0n) is 8.69. The highest BCUT2D eigenvalue weighted by Gasteiger charge is 2.22. The normalized spacial score (nSPS) is 20.5. The van der Waals surface area contributed by atoms with E-state index in [1.807, 2.05) is 25.1 Å². The Morgan fingerprint density at radius 1 is 1.53 bits per heavy atom. The smallest absolute Gasteiger partial charge is 0.216 e. The molecular formula is C12H14O2S. The Bertz CT molecular complexity index is 381. The molecule has 1 aliphatic heterocycles. The number of hydrogen-bond acceptors (Lipinski definition) is 2. The lowest BCUT2D eigenvalue weighted by Crippen LogP contribution is -2.04. The Kier molecular flexibility index (Phi) is 3.12. The fourth-order valence-corrected chi connectivity index (χ4v) is 2.17. The molecule has 0 aliphatic carbocycles. The van der Waals surface area contributed by atoms with Crippen LogP contribution in [0.1, 0.15) is 40.4 Å². The summed E-state index contributed by atoms with van der Waals surface area (Å²) in [6.07, 6.45) is 2.15. The van der Waals surface area contributed by atoms with Crippen molar-refractivity contribution in [3.05, 3.63) is 34.9 Å². The highest BCUT2D eigenvalue weighted by molar-refractivity contribution is 7.97. The first-order chi connectivity index (χ1) is 7.18. The van der Waals surface area contributed by atoms with Gasteiger partial charge in [0, 0.05) is 12.2 Å². The molecule has 0 bridgehead atoms. The molecule has 15 heavy (non-hydrogen) atoms. The Morgan fingerprint density at radius 2 is 2.33 bits per heavy atom. The lowest BCUT2D eigenvalue weighted by atomic mass is 9.99. The van der Waals surface area contributed by atoms with Crippen molar-refractivity contribution in [3.8, 4) is 0 Å². The third kappa shape index (κ3) is 2.24. The monoisotopic (exact) mass is 222 g/mol. The fourth-order valence-electron chi connectivity index (χ4n) is 1.97. The quantitative estimate of drug-likeness (QED) is 0.779. The van der Waals surface area contributed by atoms with Gasteiger partial charge in [-0.2, -0.15) is 0 Å². The van der Waals surface area contributed by atoms with Crippen LogP contribution in [0.4, 0.5) is 0 Å². The Labute approximate surface area is 95.0 Å². The van der Waals surface area contributed by atoms with E-state index in [2.05, 4.69) is 12.6 Å². The lowest BCUT2D eigenvalue weighted by molar-refractivity contribution is 0.104. The number of aryl methyl sites for hydroxylation is 1. The molecular weight excluding hydrogens is 208 g/mol. The van der Waals surface area contributed by atoms with Crippen LogP contribution in [0.5, 0.6) is 0 Å². The summed E-state index contributed by atoms with van der Waals surface area (Å²) in [4.78, 5) is 11.3. The van der Waals surface area contributed by atoms with Gasteiger partial charge in [0.15, 0.2) is 0 Å². The van der Waals surface area contributed by atoms with Crippen LogP contribution in [-0.2, 0) is 4.74 Å². The minimum absolute atomic E-state index is 0.0796.